The number of aromatic nitrogens is 2. The Kier molecular flexibility index (Phi) is 4.03. The molecule has 3 aliphatic rings. The maximum Gasteiger partial charge on any atom is 0.258 e. The van der Waals surface area contributed by atoms with Gasteiger partial charge in [0.1, 0.15) is 12.4 Å². The first-order valence-corrected chi connectivity index (χ1v) is 11.5. The Morgan fingerprint density at radius 3 is 2.88 bits per heavy atom. The molecule has 6 rings (SSSR count). The van der Waals surface area contributed by atoms with E-state index < -0.39 is 5.60 Å². The number of benzene rings is 1. The van der Waals surface area contributed by atoms with E-state index in [0.717, 1.165) is 29.4 Å². The van der Waals surface area contributed by atoms with Crippen molar-refractivity contribution >= 4 is 28.2 Å². The van der Waals surface area contributed by atoms with E-state index in [1.807, 2.05) is 19.9 Å². The summed E-state index contributed by atoms with van der Waals surface area (Å²) in [7, 11) is 0. The van der Waals surface area contributed by atoms with Crippen molar-refractivity contribution in [2.24, 2.45) is 0 Å². The van der Waals surface area contributed by atoms with Crippen LogP contribution in [0.25, 0.3) is 22.3 Å². The number of thiocarbonyl (C=S) groups is 1. The van der Waals surface area contributed by atoms with Gasteiger partial charge in [-0.05, 0) is 67.1 Å². The molecule has 7 heteroatoms. The van der Waals surface area contributed by atoms with Gasteiger partial charge in [0.15, 0.2) is 10.7 Å². The maximum atomic E-state index is 14.7. The second kappa shape index (κ2) is 6.45. The lowest BCUT2D eigenvalue weighted by Gasteiger charge is -2.34. The minimum Gasteiger partial charge on any atom is -0.479 e. The molecule has 0 bridgehead atoms. The van der Waals surface area contributed by atoms with Gasteiger partial charge >= 0.3 is 0 Å². The normalized spacial score (nSPS) is 23.0. The topological polar surface area (TPSA) is 64.3 Å². The standard InChI is InChI=1S/C25H23FN2O3S/c1-4-25(30)16-7-19-22-14(9-28(19)23(29)15(16)10-31-24(25)32)20-11(2)5-6-13-12(3)17(26)8-18(27-22)21(13)20/h7-8,11,30H,4-6,9-10H2,1-3H3/t11-,25-/m0/s1. The number of hydrogen-bond donors (Lipinski definition) is 1. The third kappa shape index (κ3) is 2.33. The lowest BCUT2D eigenvalue weighted by atomic mass is 9.79. The van der Waals surface area contributed by atoms with Crippen LogP contribution in [-0.2, 0) is 29.9 Å². The van der Waals surface area contributed by atoms with E-state index >= 15 is 0 Å². The zero-order chi connectivity index (χ0) is 22.5. The van der Waals surface area contributed by atoms with Crippen LogP contribution < -0.4 is 5.56 Å². The molecule has 0 saturated heterocycles. The molecule has 0 saturated carbocycles. The molecule has 1 N–H and O–H groups in total. The molecule has 1 aromatic carbocycles. The molecule has 0 spiro atoms. The van der Waals surface area contributed by atoms with E-state index in [2.05, 4.69) is 6.92 Å². The minimum absolute atomic E-state index is 0.0547. The molecular formula is C25H23FN2O3S. The van der Waals surface area contributed by atoms with E-state index in [-0.39, 0.29) is 29.0 Å². The monoisotopic (exact) mass is 450 g/mol. The fourth-order valence-corrected chi connectivity index (χ4v) is 6.10. The Hall–Kier alpha value is -2.64. The molecule has 2 aromatic heterocycles. The zero-order valence-corrected chi connectivity index (χ0v) is 19.0. The number of halogens is 1. The molecule has 0 amide bonds. The summed E-state index contributed by atoms with van der Waals surface area (Å²) in [6, 6.07) is 3.35. The highest BCUT2D eigenvalue weighted by molar-refractivity contribution is 7.80. The molecule has 2 atom stereocenters. The summed E-state index contributed by atoms with van der Waals surface area (Å²) in [6.45, 7) is 6.31. The molecule has 0 radical (unpaired) electrons. The summed E-state index contributed by atoms with van der Waals surface area (Å²) in [6.07, 6.45) is 2.06. The van der Waals surface area contributed by atoms with Crippen LogP contribution in [0.4, 0.5) is 4.39 Å². The summed E-state index contributed by atoms with van der Waals surface area (Å²) < 4.78 is 21.9. The fraction of sp³-hybridized carbons (Fsp3) is 0.400. The van der Waals surface area contributed by atoms with Gasteiger partial charge in [0.25, 0.3) is 5.56 Å². The first-order valence-electron chi connectivity index (χ1n) is 11.1. The Bertz CT molecular complexity index is 1440. The van der Waals surface area contributed by atoms with Gasteiger partial charge in [-0.1, -0.05) is 13.8 Å². The molecule has 0 unspecified atom stereocenters. The van der Waals surface area contributed by atoms with Crippen molar-refractivity contribution in [3.8, 4) is 11.4 Å². The number of pyridine rings is 2. The molecular weight excluding hydrogens is 427 g/mol. The molecule has 2 aliphatic heterocycles. The van der Waals surface area contributed by atoms with Gasteiger partial charge in [0.2, 0.25) is 0 Å². The zero-order valence-electron chi connectivity index (χ0n) is 18.2. The average molecular weight is 451 g/mol. The summed E-state index contributed by atoms with van der Waals surface area (Å²) in [5, 5.41) is 12.4. The van der Waals surface area contributed by atoms with Crippen LogP contribution in [0.1, 0.15) is 66.0 Å². The van der Waals surface area contributed by atoms with Crippen molar-refractivity contribution in [2.45, 2.75) is 64.7 Å². The van der Waals surface area contributed by atoms with Gasteiger partial charge in [0.05, 0.1) is 29.0 Å². The molecule has 32 heavy (non-hydrogen) atoms. The van der Waals surface area contributed by atoms with Crippen molar-refractivity contribution in [2.75, 3.05) is 0 Å². The highest BCUT2D eigenvalue weighted by Crippen LogP contribution is 2.46. The summed E-state index contributed by atoms with van der Waals surface area (Å²) in [5.74, 6) is 0.0406. The van der Waals surface area contributed by atoms with Crippen LogP contribution in [0.5, 0.6) is 0 Å². The summed E-state index contributed by atoms with van der Waals surface area (Å²) in [5.41, 5.74) is 5.17. The highest BCUT2D eigenvalue weighted by atomic mass is 32.1. The van der Waals surface area contributed by atoms with Crippen molar-refractivity contribution in [1.82, 2.24) is 9.55 Å². The van der Waals surface area contributed by atoms with E-state index in [1.165, 1.54) is 11.6 Å². The van der Waals surface area contributed by atoms with Crippen molar-refractivity contribution < 1.29 is 14.2 Å². The number of hydrogen-bond acceptors (Lipinski definition) is 5. The van der Waals surface area contributed by atoms with Gasteiger partial charge in [-0.15, -0.1) is 0 Å². The third-order valence-electron chi connectivity index (χ3n) is 7.67. The lowest BCUT2D eigenvalue weighted by molar-refractivity contribution is 0.0604. The van der Waals surface area contributed by atoms with Crippen LogP contribution in [-0.4, -0.2) is 19.7 Å². The number of rotatable bonds is 1. The van der Waals surface area contributed by atoms with Gasteiger partial charge in [-0.3, -0.25) is 4.79 Å². The minimum atomic E-state index is -1.49. The molecule has 3 aromatic rings. The Morgan fingerprint density at radius 1 is 1.34 bits per heavy atom. The van der Waals surface area contributed by atoms with Crippen molar-refractivity contribution in [3.05, 3.63) is 61.7 Å². The third-order valence-corrected chi connectivity index (χ3v) is 8.12. The van der Waals surface area contributed by atoms with Crippen LogP contribution >= 0.6 is 12.2 Å². The largest absolute Gasteiger partial charge is 0.479 e. The number of ether oxygens (including phenoxy) is 1. The van der Waals surface area contributed by atoms with Crippen molar-refractivity contribution in [3.63, 3.8) is 0 Å². The summed E-state index contributed by atoms with van der Waals surface area (Å²) in [4.78, 5) is 18.4. The SMILES string of the molecule is CC[C@@]1(O)C(=S)OCc2c1cc1n(c2=O)Cc2c-1nc1cc(F)c(C)c3c1c2[C@@H](C)CC3. The molecule has 0 fully saturated rings. The van der Waals surface area contributed by atoms with Crippen LogP contribution in [0.3, 0.4) is 0 Å². The highest BCUT2D eigenvalue weighted by Gasteiger charge is 2.43. The lowest BCUT2D eigenvalue weighted by Crippen LogP contribution is -2.43. The van der Waals surface area contributed by atoms with Crippen LogP contribution in [0.15, 0.2) is 16.9 Å². The first kappa shape index (κ1) is 20.0. The van der Waals surface area contributed by atoms with E-state index in [9.17, 15) is 14.3 Å². The van der Waals surface area contributed by atoms with Gasteiger partial charge in [-0.25, -0.2) is 9.37 Å². The predicted octanol–water partition coefficient (Wildman–Crippen LogP) is 4.38. The van der Waals surface area contributed by atoms with Gasteiger partial charge < -0.3 is 14.4 Å². The number of aryl methyl sites for hydroxylation is 1. The number of nitrogens with zero attached hydrogens (tertiary/aromatic N) is 2. The van der Waals surface area contributed by atoms with E-state index in [4.69, 9.17) is 21.9 Å². The van der Waals surface area contributed by atoms with Gasteiger partial charge in [0, 0.05) is 22.6 Å². The van der Waals surface area contributed by atoms with Crippen molar-refractivity contribution in [1.29, 1.82) is 0 Å². The summed E-state index contributed by atoms with van der Waals surface area (Å²) >= 11 is 5.29. The smallest absolute Gasteiger partial charge is 0.258 e. The Balaban J connectivity index is 1.70. The predicted molar refractivity (Wildman–Crippen MR) is 124 cm³/mol. The van der Waals surface area contributed by atoms with E-state index in [1.54, 1.807) is 4.57 Å². The second-order valence-electron chi connectivity index (χ2n) is 9.25. The van der Waals surface area contributed by atoms with Gasteiger partial charge in [-0.2, -0.15) is 0 Å². The first-order chi connectivity index (χ1) is 15.3. The molecule has 5 nitrogen and oxygen atoms in total. The second-order valence-corrected chi connectivity index (χ2v) is 9.62. The molecule has 4 heterocycles. The van der Waals surface area contributed by atoms with Crippen LogP contribution in [0.2, 0.25) is 0 Å². The Labute approximate surface area is 189 Å². The van der Waals surface area contributed by atoms with E-state index in [0.29, 0.717) is 46.6 Å². The molecule has 1 aliphatic carbocycles. The number of aliphatic hydroxyl groups is 1. The fourth-order valence-electron chi connectivity index (χ4n) is 5.79. The van der Waals surface area contributed by atoms with Crippen LogP contribution in [0, 0.1) is 12.7 Å². The quantitative estimate of drug-likeness (QED) is 0.436. The average Bonchev–Trinajstić information content (AvgIpc) is 3.14. The maximum absolute atomic E-state index is 14.7. The Morgan fingerprint density at radius 2 is 2.12 bits per heavy atom. The molecule has 164 valence electrons. The number of fused-ring (bicyclic) bond motifs is 5.